The van der Waals surface area contributed by atoms with Crippen LogP contribution in [0.1, 0.15) is 23.5 Å². The van der Waals surface area contributed by atoms with Crippen LogP contribution in [-0.2, 0) is 0 Å². The molecule has 1 heterocycles. The van der Waals surface area contributed by atoms with E-state index in [0.29, 0.717) is 5.75 Å². The number of aryl methyl sites for hydroxylation is 1. The molecule has 0 radical (unpaired) electrons. The highest BCUT2D eigenvalue weighted by Gasteiger charge is 2.21. The molecule has 0 saturated carbocycles. The van der Waals surface area contributed by atoms with Crippen molar-refractivity contribution in [1.29, 1.82) is 0 Å². The van der Waals surface area contributed by atoms with Gasteiger partial charge in [-0.1, -0.05) is 0 Å². The van der Waals surface area contributed by atoms with Crippen LogP contribution >= 0.6 is 27.3 Å². The fraction of sp³-hybridized carbons (Fsp3) is 0.286. The minimum Gasteiger partial charge on any atom is -0.483 e. The Kier molecular flexibility index (Phi) is 4.60. The van der Waals surface area contributed by atoms with E-state index in [1.165, 1.54) is 12.1 Å². The van der Waals surface area contributed by atoms with Gasteiger partial charge in [-0.2, -0.15) is 0 Å². The second-order valence-corrected chi connectivity index (χ2v) is 6.94. The maximum Gasteiger partial charge on any atom is 0.148 e. The van der Waals surface area contributed by atoms with E-state index in [9.17, 15) is 4.39 Å². The van der Waals surface area contributed by atoms with Gasteiger partial charge in [0.1, 0.15) is 17.7 Å². The molecule has 2 rings (SSSR count). The Morgan fingerprint density at radius 2 is 2.05 bits per heavy atom. The SMILES string of the molecule is Cc1cc(F)ccc1OC(c1ccc(Br)s1)C(C)N. The van der Waals surface area contributed by atoms with Crippen LogP contribution in [-0.4, -0.2) is 6.04 Å². The monoisotopic (exact) mass is 343 g/mol. The van der Waals surface area contributed by atoms with Crippen LogP contribution in [0.5, 0.6) is 5.75 Å². The molecule has 102 valence electrons. The van der Waals surface area contributed by atoms with Gasteiger partial charge in [-0.25, -0.2) is 4.39 Å². The second kappa shape index (κ2) is 6.03. The van der Waals surface area contributed by atoms with Gasteiger partial charge in [0.2, 0.25) is 0 Å². The summed E-state index contributed by atoms with van der Waals surface area (Å²) in [7, 11) is 0. The molecule has 5 heteroatoms. The molecular formula is C14H15BrFNOS. The summed E-state index contributed by atoms with van der Waals surface area (Å²) in [6.07, 6.45) is -0.236. The van der Waals surface area contributed by atoms with E-state index in [2.05, 4.69) is 15.9 Å². The topological polar surface area (TPSA) is 35.2 Å². The van der Waals surface area contributed by atoms with Crippen molar-refractivity contribution in [1.82, 2.24) is 0 Å². The average molecular weight is 344 g/mol. The number of hydrogen-bond donors (Lipinski definition) is 1. The molecule has 2 atom stereocenters. The molecule has 1 aromatic heterocycles. The smallest absolute Gasteiger partial charge is 0.148 e. The third-order valence-corrected chi connectivity index (χ3v) is 4.43. The van der Waals surface area contributed by atoms with E-state index in [4.69, 9.17) is 10.5 Å². The molecule has 0 aliphatic heterocycles. The Morgan fingerprint density at radius 1 is 1.32 bits per heavy atom. The maximum atomic E-state index is 13.1. The number of hydrogen-bond acceptors (Lipinski definition) is 3. The van der Waals surface area contributed by atoms with Gasteiger partial charge in [0.05, 0.1) is 3.79 Å². The van der Waals surface area contributed by atoms with Crippen molar-refractivity contribution in [2.75, 3.05) is 0 Å². The minimum absolute atomic E-state index is 0.157. The molecule has 2 N–H and O–H groups in total. The quantitative estimate of drug-likeness (QED) is 0.891. The minimum atomic E-state index is -0.263. The summed E-state index contributed by atoms with van der Waals surface area (Å²) in [6.45, 7) is 3.72. The first kappa shape index (κ1) is 14.5. The molecule has 0 amide bonds. The van der Waals surface area contributed by atoms with Crippen LogP contribution in [0.15, 0.2) is 34.1 Å². The van der Waals surface area contributed by atoms with Gasteiger partial charge in [-0.05, 0) is 65.7 Å². The van der Waals surface area contributed by atoms with Crippen molar-refractivity contribution in [3.8, 4) is 5.75 Å². The Labute approximate surface area is 124 Å². The Balaban J connectivity index is 2.26. The van der Waals surface area contributed by atoms with Gasteiger partial charge in [0, 0.05) is 10.9 Å². The molecule has 1 aromatic carbocycles. The number of nitrogens with two attached hydrogens (primary N) is 1. The highest BCUT2D eigenvalue weighted by atomic mass is 79.9. The molecular weight excluding hydrogens is 329 g/mol. The van der Waals surface area contributed by atoms with E-state index in [-0.39, 0.29) is 18.0 Å². The molecule has 0 aliphatic carbocycles. The Bertz CT molecular complexity index is 570. The molecule has 0 aliphatic rings. The molecule has 0 saturated heterocycles. The van der Waals surface area contributed by atoms with Crippen LogP contribution in [0.3, 0.4) is 0 Å². The molecule has 2 nitrogen and oxygen atoms in total. The summed E-state index contributed by atoms with van der Waals surface area (Å²) in [5.74, 6) is 0.397. The number of ether oxygens (including phenoxy) is 1. The van der Waals surface area contributed by atoms with Gasteiger partial charge in [-0.3, -0.25) is 0 Å². The van der Waals surface area contributed by atoms with Crippen LogP contribution < -0.4 is 10.5 Å². The lowest BCUT2D eigenvalue weighted by Crippen LogP contribution is -2.28. The first-order valence-electron chi connectivity index (χ1n) is 5.91. The highest BCUT2D eigenvalue weighted by Crippen LogP contribution is 2.33. The van der Waals surface area contributed by atoms with E-state index in [0.717, 1.165) is 14.2 Å². The van der Waals surface area contributed by atoms with E-state index in [1.54, 1.807) is 17.4 Å². The average Bonchev–Trinajstić information content (AvgIpc) is 2.74. The summed E-state index contributed by atoms with van der Waals surface area (Å²) in [4.78, 5) is 1.05. The standard InChI is InChI=1S/C14H15BrFNOS/c1-8-7-10(16)3-4-11(8)18-14(9(2)17)12-5-6-13(15)19-12/h3-7,9,14H,17H2,1-2H3. The first-order chi connectivity index (χ1) is 8.97. The van der Waals surface area contributed by atoms with Crippen molar-refractivity contribution in [3.63, 3.8) is 0 Å². The van der Waals surface area contributed by atoms with Gasteiger partial charge < -0.3 is 10.5 Å². The van der Waals surface area contributed by atoms with Crippen molar-refractivity contribution >= 4 is 27.3 Å². The third-order valence-electron chi connectivity index (χ3n) is 2.74. The van der Waals surface area contributed by atoms with E-state index < -0.39 is 0 Å². The normalized spacial score (nSPS) is 14.2. The van der Waals surface area contributed by atoms with Crippen molar-refractivity contribution in [2.24, 2.45) is 5.73 Å². The Morgan fingerprint density at radius 3 is 2.58 bits per heavy atom. The number of rotatable bonds is 4. The second-order valence-electron chi connectivity index (χ2n) is 4.45. The van der Waals surface area contributed by atoms with Crippen LogP contribution in [0.4, 0.5) is 4.39 Å². The van der Waals surface area contributed by atoms with Crippen LogP contribution in [0.2, 0.25) is 0 Å². The summed E-state index contributed by atoms with van der Waals surface area (Å²) in [5, 5.41) is 0. The largest absolute Gasteiger partial charge is 0.483 e. The van der Waals surface area contributed by atoms with Gasteiger partial charge in [-0.15, -0.1) is 11.3 Å². The number of halogens is 2. The fourth-order valence-corrected chi connectivity index (χ4v) is 3.36. The summed E-state index contributed by atoms with van der Waals surface area (Å²) in [5.41, 5.74) is 6.76. The lowest BCUT2D eigenvalue weighted by Gasteiger charge is -2.22. The lowest BCUT2D eigenvalue weighted by molar-refractivity contribution is 0.182. The van der Waals surface area contributed by atoms with Gasteiger partial charge >= 0.3 is 0 Å². The van der Waals surface area contributed by atoms with Crippen molar-refractivity contribution in [2.45, 2.75) is 26.0 Å². The van der Waals surface area contributed by atoms with E-state index in [1.807, 2.05) is 26.0 Å². The number of thiophene rings is 1. The highest BCUT2D eigenvalue weighted by molar-refractivity contribution is 9.11. The molecule has 2 unspecified atom stereocenters. The van der Waals surface area contributed by atoms with Crippen LogP contribution in [0, 0.1) is 12.7 Å². The van der Waals surface area contributed by atoms with Crippen molar-refractivity contribution < 1.29 is 9.13 Å². The van der Waals surface area contributed by atoms with Gasteiger partial charge in [0.25, 0.3) is 0 Å². The zero-order valence-electron chi connectivity index (χ0n) is 10.7. The Hall–Kier alpha value is -0.910. The fourth-order valence-electron chi connectivity index (χ4n) is 1.79. The third kappa shape index (κ3) is 3.55. The molecule has 0 spiro atoms. The van der Waals surface area contributed by atoms with Crippen molar-refractivity contribution in [3.05, 3.63) is 50.4 Å². The zero-order valence-corrected chi connectivity index (χ0v) is 13.1. The first-order valence-corrected chi connectivity index (χ1v) is 7.52. The summed E-state index contributed by atoms with van der Waals surface area (Å²) in [6, 6.07) is 8.29. The molecule has 0 bridgehead atoms. The van der Waals surface area contributed by atoms with Crippen LogP contribution in [0.25, 0.3) is 0 Å². The molecule has 0 fully saturated rings. The predicted molar refractivity (Wildman–Crippen MR) is 80.2 cm³/mol. The molecule has 2 aromatic rings. The number of benzene rings is 1. The summed E-state index contributed by atoms with van der Waals surface area (Å²) >= 11 is 5.02. The predicted octanol–water partition coefficient (Wildman–Crippen LogP) is 4.43. The van der Waals surface area contributed by atoms with E-state index >= 15 is 0 Å². The summed E-state index contributed by atoms with van der Waals surface area (Å²) < 4.78 is 20.1. The van der Waals surface area contributed by atoms with Gasteiger partial charge in [0.15, 0.2) is 0 Å². The maximum absolute atomic E-state index is 13.1. The zero-order chi connectivity index (χ0) is 14.0. The lowest BCUT2D eigenvalue weighted by atomic mass is 10.1. The molecule has 19 heavy (non-hydrogen) atoms.